The number of hydrogen-bond donors (Lipinski definition) is 2. The summed E-state index contributed by atoms with van der Waals surface area (Å²) in [6, 6.07) is 8.86. The van der Waals surface area contributed by atoms with Crippen molar-refractivity contribution >= 4 is 39.6 Å². The van der Waals surface area contributed by atoms with Crippen LogP contribution in [0.5, 0.6) is 11.5 Å². The molecule has 1 aliphatic carbocycles. The van der Waals surface area contributed by atoms with Gasteiger partial charge in [0.25, 0.3) is 0 Å². The van der Waals surface area contributed by atoms with E-state index in [9.17, 15) is 14.7 Å². The molecule has 1 fully saturated rings. The number of rotatable bonds is 8. The van der Waals surface area contributed by atoms with Gasteiger partial charge in [-0.1, -0.05) is 23.7 Å². The topological polar surface area (TPSA) is 91.8 Å². The van der Waals surface area contributed by atoms with E-state index >= 15 is 0 Å². The minimum Gasteiger partial charge on any atom is -0.503 e. The van der Waals surface area contributed by atoms with Crippen molar-refractivity contribution in [2.75, 3.05) is 34.3 Å². The molecule has 7 nitrogen and oxygen atoms in total. The molecule has 2 N–H and O–H groups in total. The Balaban J connectivity index is 1.68. The second-order valence-electron chi connectivity index (χ2n) is 10.0. The van der Waals surface area contributed by atoms with Crippen LogP contribution in [0.3, 0.4) is 0 Å². The molecule has 2 heterocycles. The van der Waals surface area contributed by atoms with Crippen LogP contribution in [-0.2, 0) is 4.79 Å². The summed E-state index contributed by atoms with van der Waals surface area (Å²) < 4.78 is 5.30. The average Bonchev–Trinajstić information content (AvgIpc) is 3.74. The van der Waals surface area contributed by atoms with Crippen LogP contribution in [0.2, 0.25) is 5.02 Å². The Morgan fingerprint density at radius 3 is 2.68 bits per heavy atom. The van der Waals surface area contributed by atoms with E-state index in [1.54, 1.807) is 18.3 Å². The number of likely N-dealkylation sites (N-methyl/N-ethyl adjacent to an activating group) is 1. The Morgan fingerprint density at radius 2 is 1.97 bits per heavy atom. The van der Waals surface area contributed by atoms with E-state index in [0.29, 0.717) is 25.1 Å². The van der Waals surface area contributed by atoms with Crippen LogP contribution >= 0.6 is 11.6 Å². The van der Waals surface area contributed by atoms with Gasteiger partial charge >= 0.3 is 0 Å². The summed E-state index contributed by atoms with van der Waals surface area (Å²) in [5.41, 5.74) is 4.82. The third-order valence-corrected chi connectivity index (χ3v) is 7.22. The SMILES string of the molecule is COc1cc(-c2ccc3ncc(C(=O)C4CC4)c(C4=CC(C(=O)CN(C)C)NCC4)c3c2)cc(Cl)c1O. The van der Waals surface area contributed by atoms with Gasteiger partial charge in [0.1, 0.15) is 0 Å². The van der Waals surface area contributed by atoms with Crippen molar-refractivity contribution in [2.24, 2.45) is 5.92 Å². The third kappa shape index (κ3) is 5.12. The highest BCUT2D eigenvalue weighted by Crippen LogP contribution is 2.41. The molecular formula is C29H30ClN3O4. The first-order valence-corrected chi connectivity index (χ1v) is 12.8. The number of hydrogen-bond acceptors (Lipinski definition) is 7. The van der Waals surface area contributed by atoms with Crippen molar-refractivity contribution in [3.63, 3.8) is 0 Å². The maximum atomic E-state index is 13.4. The second kappa shape index (κ2) is 10.2. The van der Waals surface area contributed by atoms with Crippen LogP contribution in [0, 0.1) is 5.92 Å². The standard InChI is InChI=1S/C29H30ClN3O4/c1-33(2)15-25(34)24-12-18(8-9-31-24)27-20-10-17(19-11-22(30)29(36)26(13-19)37-3)6-7-23(20)32-14-21(27)28(35)16-4-5-16/h6-7,10-14,16,24,31,36H,4-5,8-9,15H2,1-3H3. The minimum atomic E-state index is -0.415. The second-order valence-corrected chi connectivity index (χ2v) is 10.4. The summed E-state index contributed by atoms with van der Waals surface area (Å²) >= 11 is 6.27. The summed E-state index contributed by atoms with van der Waals surface area (Å²) in [7, 11) is 5.23. The molecule has 2 aliphatic rings. The molecular weight excluding hydrogens is 490 g/mol. The number of halogens is 1. The van der Waals surface area contributed by atoms with Crippen LogP contribution in [-0.4, -0.2) is 66.9 Å². The Morgan fingerprint density at radius 1 is 1.19 bits per heavy atom. The molecule has 1 aliphatic heterocycles. The summed E-state index contributed by atoms with van der Waals surface area (Å²) in [6.07, 6.45) is 6.15. The zero-order chi connectivity index (χ0) is 26.3. The predicted molar refractivity (Wildman–Crippen MR) is 145 cm³/mol. The molecule has 1 atom stereocenters. The molecule has 0 saturated heterocycles. The first-order chi connectivity index (χ1) is 17.8. The monoisotopic (exact) mass is 519 g/mol. The number of carbonyl (C=O) groups is 2. The molecule has 1 aromatic heterocycles. The van der Waals surface area contributed by atoms with Gasteiger partial charge < -0.3 is 20.1 Å². The number of fused-ring (bicyclic) bond motifs is 1. The molecule has 1 unspecified atom stereocenters. The molecule has 37 heavy (non-hydrogen) atoms. The first-order valence-electron chi connectivity index (χ1n) is 12.4. The van der Waals surface area contributed by atoms with E-state index < -0.39 is 6.04 Å². The van der Waals surface area contributed by atoms with Gasteiger partial charge in [-0.15, -0.1) is 0 Å². The molecule has 1 saturated carbocycles. The van der Waals surface area contributed by atoms with Crippen LogP contribution in [0.15, 0.2) is 42.6 Å². The fourth-order valence-electron chi connectivity index (χ4n) is 4.90. The van der Waals surface area contributed by atoms with Gasteiger partial charge in [0.05, 0.1) is 30.2 Å². The summed E-state index contributed by atoms with van der Waals surface area (Å²) in [4.78, 5) is 32.7. The molecule has 0 bridgehead atoms. The van der Waals surface area contributed by atoms with Gasteiger partial charge in [-0.25, -0.2) is 0 Å². The fourth-order valence-corrected chi connectivity index (χ4v) is 5.11. The zero-order valence-electron chi connectivity index (χ0n) is 21.2. The van der Waals surface area contributed by atoms with E-state index in [1.165, 1.54) is 7.11 Å². The third-order valence-electron chi connectivity index (χ3n) is 6.93. The van der Waals surface area contributed by atoms with Gasteiger partial charge in [0.2, 0.25) is 0 Å². The van der Waals surface area contributed by atoms with Crippen molar-refractivity contribution in [1.82, 2.24) is 15.2 Å². The van der Waals surface area contributed by atoms with Crippen LogP contribution in [0.4, 0.5) is 0 Å². The van der Waals surface area contributed by atoms with Crippen molar-refractivity contribution < 1.29 is 19.4 Å². The maximum absolute atomic E-state index is 13.4. The zero-order valence-corrected chi connectivity index (χ0v) is 21.9. The van der Waals surface area contributed by atoms with Gasteiger partial charge in [0, 0.05) is 29.6 Å². The number of phenolic OH excluding ortho intramolecular Hbond substituents is 1. The first kappa shape index (κ1) is 25.4. The molecule has 2 aromatic carbocycles. The number of carbonyl (C=O) groups excluding carboxylic acids is 2. The Kier molecular flexibility index (Phi) is 7.03. The summed E-state index contributed by atoms with van der Waals surface area (Å²) in [5.74, 6) is 0.403. The highest BCUT2D eigenvalue weighted by Gasteiger charge is 2.34. The molecule has 0 spiro atoms. The molecule has 0 radical (unpaired) electrons. The maximum Gasteiger partial charge on any atom is 0.176 e. The number of Topliss-reactive ketones (excluding diaryl/α,β-unsaturated/α-hetero) is 2. The number of phenols is 1. The number of methoxy groups -OCH3 is 1. The molecule has 3 aromatic rings. The molecule has 192 valence electrons. The van der Waals surface area contributed by atoms with E-state index in [2.05, 4.69) is 10.3 Å². The smallest absolute Gasteiger partial charge is 0.176 e. The fraction of sp³-hybridized carbons (Fsp3) is 0.345. The van der Waals surface area contributed by atoms with Crippen molar-refractivity contribution in [3.8, 4) is 22.6 Å². The lowest BCUT2D eigenvalue weighted by molar-refractivity contribution is -0.120. The highest BCUT2D eigenvalue weighted by atomic mass is 35.5. The molecule has 0 amide bonds. The Labute approximate surface area is 221 Å². The number of aromatic hydroxyl groups is 1. The van der Waals surface area contributed by atoms with Gasteiger partial charge in [-0.3, -0.25) is 14.6 Å². The van der Waals surface area contributed by atoms with Gasteiger partial charge in [-0.2, -0.15) is 0 Å². The quantitative estimate of drug-likeness (QED) is 0.415. The number of ketones is 2. The number of nitrogens with one attached hydrogen (secondary N) is 1. The van der Waals surface area contributed by atoms with E-state index in [4.69, 9.17) is 16.3 Å². The van der Waals surface area contributed by atoms with Gasteiger partial charge in [-0.05, 0) is 79.9 Å². The largest absolute Gasteiger partial charge is 0.503 e. The van der Waals surface area contributed by atoms with Crippen LogP contribution < -0.4 is 10.1 Å². The number of ether oxygens (including phenoxy) is 1. The number of pyridine rings is 1. The van der Waals surface area contributed by atoms with Crippen molar-refractivity contribution in [1.29, 1.82) is 0 Å². The number of nitrogens with zero attached hydrogens (tertiary/aromatic N) is 2. The lowest BCUT2D eigenvalue weighted by Gasteiger charge is -2.25. The predicted octanol–water partition coefficient (Wildman–Crippen LogP) is 4.74. The van der Waals surface area contributed by atoms with Gasteiger partial charge in [0.15, 0.2) is 23.1 Å². The summed E-state index contributed by atoms with van der Waals surface area (Å²) in [6.45, 7) is 0.973. The van der Waals surface area contributed by atoms with Crippen molar-refractivity contribution in [2.45, 2.75) is 25.3 Å². The highest BCUT2D eigenvalue weighted by molar-refractivity contribution is 6.32. The lowest BCUT2D eigenvalue weighted by Crippen LogP contribution is -2.42. The van der Waals surface area contributed by atoms with Crippen LogP contribution in [0.1, 0.15) is 35.2 Å². The number of aromatic nitrogens is 1. The summed E-state index contributed by atoms with van der Waals surface area (Å²) in [5, 5.41) is 14.5. The van der Waals surface area contributed by atoms with Crippen LogP contribution in [0.25, 0.3) is 27.6 Å². The minimum absolute atomic E-state index is 0.0369. The lowest BCUT2D eigenvalue weighted by atomic mass is 9.87. The Bertz CT molecular complexity index is 1430. The number of benzene rings is 2. The Hall–Kier alpha value is -3.26. The van der Waals surface area contributed by atoms with E-state index in [1.807, 2.05) is 43.3 Å². The van der Waals surface area contributed by atoms with E-state index in [0.717, 1.165) is 46.0 Å². The van der Waals surface area contributed by atoms with E-state index in [-0.39, 0.29) is 34.0 Å². The average molecular weight is 520 g/mol. The molecule has 5 rings (SSSR count). The van der Waals surface area contributed by atoms with Crippen molar-refractivity contribution in [3.05, 3.63) is 58.8 Å². The molecule has 8 heteroatoms. The normalized spacial score (nSPS) is 17.6.